The Morgan fingerprint density at radius 1 is 1.60 bits per heavy atom. The van der Waals surface area contributed by atoms with Crippen LogP contribution in [0.25, 0.3) is 0 Å². The van der Waals surface area contributed by atoms with Gasteiger partial charge in [-0.25, -0.2) is 0 Å². The molecule has 0 amide bonds. The van der Waals surface area contributed by atoms with Crippen molar-refractivity contribution in [3.05, 3.63) is 19.8 Å². The van der Waals surface area contributed by atoms with Gasteiger partial charge in [0, 0.05) is 15.9 Å². The van der Waals surface area contributed by atoms with Gasteiger partial charge in [-0.05, 0) is 34.5 Å². The molecule has 1 heterocycles. The molecular formula is C10H16BrClN2S. The summed E-state index contributed by atoms with van der Waals surface area (Å²) in [5.74, 6) is 0.623. The van der Waals surface area contributed by atoms with Crippen molar-refractivity contribution in [3.8, 4) is 0 Å². The molecule has 3 N–H and O–H groups in total. The van der Waals surface area contributed by atoms with Crippen molar-refractivity contribution in [2.45, 2.75) is 19.9 Å². The maximum atomic E-state index is 6.00. The van der Waals surface area contributed by atoms with Crippen molar-refractivity contribution in [1.82, 2.24) is 5.32 Å². The molecule has 1 unspecified atom stereocenters. The van der Waals surface area contributed by atoms with Crippen LogP contribution in [-0.2, 0) is 0 Å². The van der Waals surface area contributed by atoms with Crippen LogP contribution in [0, 0.1) is 5.92 Å². The Kier molecular flexibility index (Phi) is 5.57. The van der Waals surface area contributed by atoms with Crippen LogP contribution < -0.4 is 11.1 Å². The van der Waals surface area contributed by atoms with Gasteiger partial charge in [0.15, 0.2) is 0 Å². The second-order valence-electron chi connectivity index (χ2n) is 3.86. The van der Waals surface area contributed by atoms with Crippen molar-refractivity contribution >= 4 is 38.9 Å². The number of hydrogen-bond acceptors (Lipinski definition) is 3. The number of rotatable bonds is 5. The van der Waals surface area contributed by atoms with E-state index in [1.807, 2.05) is 6.07 Å². The van der Waals surface area contributed by atoms with Gasteiger partial charge in [0.2, 0.25) is 0 Å². The maximum Gasteiger partial charge on any atom is 0.107 e. The molecule has 0 bridgehead atoms. The fraction of sp³-hybridized carbons (Fsp3) is 0.600. The average molecular weight is 312 g/mol. The van der Waals surface area contributed by atoms with Gasteiger partial charge in [0.25, 0.3) is 0 Å². The fourth-order valence-electron chi connectivity index (χ4n) is 1.21. The predicted molar refractivity (Wildman–Crippen MR) is 71.7 cm³/mol. The van der Waals surface area contributed by atoms with Crippen LogP contribution in [0.15, 0.2) is 10.5 Å². The van der Waals surface area contributed by atoms with E-state index in [1.54, 1.807) is 11.3 Å². The molecule has 0 radical (unpaired) electrons. The summed E-state index contributed by atoms with van der Waals surface area (Å²) in [7, 11) is 0. The normalized spacial score (nSPS) is 13.5. The van der Waals surface area contributed by atoms with E-state index in [2.05, 4.69) is 35.1 Å². The summed E-state index contributed by atoms with van der Waals surface area (Å²) in [6.45, 7) is 5.92. The van der Waals surface area contributed by atoms with Gasteiger partial charge in [-0.15, -0.1) is 11.3 Å². The minimum absolute atomic E-state index is 0.209. The highest BCUT2D eigenvalue weighted by molar-refractivity contribution is 9.10. The first kappa shape index (κ1) is 13.5. The molecule has 1 aromatic heterocycles. The Labute approximate surface area is 108 Å². The zero-order valence-corrected chi connectivity index (χ0v) is 12.0. The summed E-state index contributed by atoms with van der Waals surface area (Å²) >= 11 is 11.0. The number of hydrogen-bond donors (Lipinski definition) is 2. The van der Waals surface area contributed by atoms with E-state index in [1.165, 1.54) is 4.88 Å². The standard InChI is InChI=1S/C10H16BrClN2S/c1-6(2)5-14-8(4-13)9-3-7(11)10(12)15-9/h3,6,8,14H,4-5,13H2,1-2H3. The molecule has 0 saturated carbocycles. The first-order chi connectivity index (χ1) is 7.04. The Bertz CT molecular complexity index is 295. The summed E-state index contributed by atoms with van der Waals surface area (Å²) in [6.07, 6.45) is 0. The summed E-state index contributed by atoms with van der Waals surface area (Å²) in [5, 5.41) is 3.43. The zero-order valence-electron chi connectivity index (χ0n) is 8.89. The molecule has 86 valence electrons. The number of nitrogens with one attached hydrogen (secondary N) is 1. The third kappa shape index (κ3) is 4.04. The minimum atomic E-state index is 0.209. The number of thiophene rings is 1. The van der Waals surface area contributed by atoms with Crippen molar-refractivity contribution in [3.63, 3.8) is 0 Å². The smallest absolute Gasteiger partial charge is 0.107 e. The summed E-state index contributed by atoms with van der Waals surface area (Å²) < 4.78 is 1.74. The second-order valence-corrected chi connectivity index (χ2v) is 6.40. The van der Waals surface area contributed by atoms with E-state index in [-0.39, 0.29) is 6.04 Å². The topological polar surface area (TPSA) is 38.0 Å². The highest BCUT2D eigenvalue weighted by atomic mass is 79.9. The first-order valence-electron chi connectivity index (χ1n) is 4.92. The molecule has 0 aromatic carbocycles. The number of halogens is 2. The molecule has 0 aliphatic carbocycles. The van der Waals surface area contributed by atoms with Crippen LogP contribution in [0.5, 0.6) is 0 Å². The summed E-state index contributed by atoms with van der Waals surface area (Å²) in [4.78, 5) is 1.19. The molecule has 1 atom stereocenters. The Balaban J connectivity index is 2.65. The van der Waals surface area contributed by atoms with Gasteiger partial charge >= 0.3 is 0 Å². The van der Waals surface area contributed by atoms with E-state index in [0.717, 1.165) is 15.4 Å². The van der Waals surface area contributed by atoms with Crippen LogP contribution >= 0.6 is 38.9 Å². The third-order valence-corrected chi connectivity index (χ3v) is 4.60. The van der Waals surface area contributed by atoms with Gasteiger partial charge in [-0.1, -0.05) is 25.4 Å². The molecular weight excluding hydrogens is 296 g/mol. The lowest BCUT2D eigenvalue weighted by Crippen LogP contribution is -2.30. The zero-order chi connectivity index (χ0) is 11.4. The SMILES string of the molecule is CC(C)CNC(CN)c1cc(Br)c(Cl)s1. The molecule has 15 heavy (non-hydrogen) atoms. The lowest BCUT2D eigenvalue weighted by molar-refractivity contribution is 0.483. The van der Waals surface area contributed by atoms with Crippen LogP contribution in [0.4, 0.5) is 0 Å². The Morgan fingerprint density at radius 2 is 2.27 bits per heavy atom. The minimum Gasteiger partial charge on any atom is -0.329 e. The van der Waals surface area contributed by atoms with Crippen molar-refractivity contribution in [1.29, 1.82) is 0 Å². The Hall–Kier alpha value is 0.390. The molecule has 0 aliphatic rings. The molecule has 0 spiro atoms. The fourth-order valence-corrected chi connectivity index (χ4v) is 3.04. The molecule has 0 fully saturated rings. The monoisotopic (exact) mass is 310 g/mol. The Morgan fingerprint density at radius 3 is 2.67 bits per heavy atom. The molecule has 2 nitrogen and oxygen atoms in total. The summed E-state index contributed by atoms with van der Waals surface area (Å²) in [5.41, 5.74) is 5.74. The predicted octanol–water partition coefficient (Wildman–Crippen LogP) is 3.41. The molecule has 1 aromatic rings. The van der Waals surface area contributed by atoms with E-state index in [4.69, 9.17) is 17.3 Å². The van der Waals surface area contributed by atoms with Crippen molar-refractivity contribution in [2.75, 3.05) is 13.1 Å². The third-order valence-electron chi connectivity index (χ3n) is 2.02. The van der Waals surface area contributed by atoms with Gasteiger partial charge in [0.1, 0.15) is 4.34 Å². The lowest BCUT2D eigenvalue weighted by Gasteiger charge is -2.16. The van der Waals surface area contributed by atoms with Crippen LogP contribution in [0.1, 0.15) is 24.8 Å². The van der Waals surface area contributed by atoms with Crippen LogP contribution in [0.3, 0.4) is 0 Å². The van der Waals surface area contributed by atoms with Crippen molar-refractivity contribution < 1.29 is 0 Å². The van der Waals surface area contributed by atoms with E-state index >= 15 is 0 Å². The lowest BCUT2D eigenvalue weighted by atomic mass is 10.2. The molecule has 0 saturated heterocycles. The summed E-state index contributed by atoms with van der Waals surface area (Å²) in [6, 6.07) is 2.25. The number of nitrogens with two attached hydrogens (primary N) is 1. The largest absolute Gasteiger partial charge is 0.329 e. The van der Waals surface area contributed by atoms with Gasteiger partial charge in [0.05, 0.1) is 6.04 Å². The van der Waals surface area contributed by atoms with E-state index < -0.39 is 0 Å². The average Bonchev–Trinajstić information content (AvgIpc) is 2.47. The highest BCUT2D eigenvalue weighted by Gasteiger charge is 2.14. The van der Waals surface area contributed by atoms with Gasteiger partial charge in [-0.3, -0.25) is 0 Å². The quantitative estimate of drug-likeness (QED) is 0.874. The first-order valence-corrected chi connectivity index (χ1v) is 6.91. The molecule has 5 heteroatoms. The van der Waals surface area contributed by atoms with Crippen molar-refractivity contribution in [2.24, 2.45) is 11.7 Å². The second kappa shape index (κ2) is 6.21. The van der Waals surface area contributed by atoms with Crippen LogP contribution in [0.2, 0.25) is 4.34 Å². The maximum absolute atomic E-state index is 6.00. The molecule has 1 rings (SSSR count). The van der Waals surface area contributed by atoms with E-state index in [0.29, 0.717) is 12.5 Å². The highest BCUT2D eigenvalue weighted by Crippen LogP contribution is 2.34. The van der Waals surface area contributed by atoms with Gasteiger partial charge in [-0.2, -0.15) is 0 Å². The molecule has 0 aliphatic heterocycles. The van der Waals surface area contributed by atoms with E-state index in [9.17, 15) is 0 Å². The van der Waals surface area contributed by atoms with Gasteiger partial charge < -0.3 is 11.1 Å². The van der Waals surface area contributed by atoms with Crippen LogP contribution in [-0.4, -0.2) is 13.1 Å².